The summed E-state index contributed by atoms with van der Waals surface area (Å²) in [5, 5.41) is 4.68. The maximum atomic E-state index is 12.5. The molecule has 1 amide bonds. The van der Waals surface area contributed by atoms with Crippen LogP contribution < -0.4 is 16.6 Å². The first-order chi connectivity index (χ1) is 11.6. The second-order valence-corrected chi connectivity index (χ2v) is 7.60. The number of thiol groups is 1. The van der Waals surface area contributed by atoms with Crippen LogP contribution in [0.25, 0.3) is 10.2 Å². The van der Waals surface area contributed by atoms with Gasteiger partial charge in [0.05, 0.1) is 5.52 Å². The molecule has 6 nitrogen and oxygen atoms in total. The van der Waals surface area contributed by atoms with Crippen LogP contribution in [0.4, 0.5) is 0 Å². The first-order valence-electron chi connectivity index (χ1n) is 8.19. The van der Waals surface area contributed by atoms with Gasteiger partial charge in [0, 0.05) is 24.8 Å². The molecule has 0 aromatic carbocycles. The largest absolute Gasteiger partial charge is 0.355 e. The second-order valence-electron chi connectivity index (χ2n) is 6.24. The number of hydrogen-bond acceptors (Lipinski definition) is 5. The molecule has 0 unspecified atom stereocenters. The van der Waals surface area contributed by atoms with Crippen LogP contribution in [0.1, 0.15) is 25.7 Å². The number of rotatable bonds is 5. The number of thiophene rings is 1. The molecule has 0 bridgehead atoms. The molecule has 2 aromatic heterocycles. The highest BCUT2D eigenvalue weighted by molar-refractivity contribution is 7.80. The van der Waals surface area contributed by atoms with Crippen molar-refractivity contribution in [2.24, 2.45) is 11.8 Å². The van der Waals surface area contributed by atoms with Crippen molar-refractivity contribution in [2.45, 2.75) is 32.2 Å². The third-order valence-electron chi connectivity index (χ3n) is 4.66. The van der Waals surface area contributed by atoms with Crippen molar-refractivity contribution in [1.29, 1.82) is 0 Å². The van der Waals surface area contributed by atoms with Gasteiger partial charge in [-0.15, -0.1) is 11.3 Å². The summed E-state index contributed by atoms with van der Waals surface area (Å²) >= 11 is 5.44. The topological polar surface area (TPSA) is 84.0 Å². The summed E-state index contributed by atoms with van der Waals surface area (Å²) in [5.74, 6) is 1.03. The van der Waals surface area contributed by atoms with Crippen molar-refractivity contribution in [3.63, 3.8) is 0 Å². The minimum absolute atomic E-state index is 0.0379. The van der Waals surface area contributed by atoms with Gasteiger partial charge in [0.2, 0.25) is 5.91 Å². The number of aromatic amines is 1. The minimum Gasteiger partial charge on any atom is -0.355 e. The van der Waals surface area contributed by atoms with Crippen LogP contribution in [0.2, 0.25) is 0 Å². The van der Waals surface area contributed by atoms with Crippen molar-refractivity contribution in [2.75, 3.05) is 12.3 Å². The van der Waals surface area contributed by atoms with Crippen LogP contribution >= 0.6 is 24.0 Å². The summed E-state index contributed by atoms with van der Waals surface area (Å²) < 4.78 is 1.90. The molecule has 0 saturated heterocycles. The molecular formula is C16H21N3O3S2. The molecule has 3 rings (SSSR count). The Bertz CT molecular complexity index is 831. The van der Waals surface area contributed by atoms with E-state index in [0.29, 0.717) is 29.1 Å². The highest BCUT2D eigenvalue weighted by Gasteiger charge is 2.27. The Labute approximate surface area is 148 Å². The van der Waals surface area contributed by atoms with Crippen molar-refractivity contribution >= 4 is 40.1 Å². The standard InChI is InChI=1S/C16H21N3O3S2/c20-14(17-6-7-23)11-3-1-10(2-4-11)9-19-15(21)13-12(5-8-24-13)18-16(19)22/h5,8,10-11,23H,1-4,6-7,9H2,(H,17,20)(H,18,22). The number of carbonyl (C=O) groups excluding carboxylic acids is 1. The predicted octanol–water partition coefficient (Wildman–Crippen LogP) is 1.60. The Kier molecular flexibility index (Phi) is 5.45. The third-order valence-corrected chi connectivity index (χ3v) is 5.79. The maximum absolute atomic E-state index is 12.5. The summed E-state index contributed by atoms with van der Waals surface area (Å²) in [6, 6.07) is 1.75. The zero-order valence-electron chi connectivity index (χ0n) is 13.3. The van der Waals surface area contributed by atoms with E-state index in [-0.39, 0.29) is 29.0 Å². The Hall–Kier alpha value is -1.54. The lowest BCUT2D eigenvalue weighted by atomic mass is 9.81. The molecule has 0 atom stereocenters. The highest BCUT2D eigenvalue weighted by Crippen LogP contribution is 2.29. The highest BCUT2D eigenvalue weighted by atomic mass is 32.1. The smallest absolute Gasteiger partial charge is 0.328 e. The van der Waals surface area contributed by atoms with Gasteiger partial charge in [-0.1, -0.05) is 0 Å². The van der Waals surface area contributed by atoms with Crippen LogP contribution in [0.5, 0.6) is 0 Å². The van der Waals surface area contributed by atoms with E-state index in [2.05, 4.69) is 22.9 Å². The molecule has 1 aliphatic carbocycles. The summed E-state index contributed by atoms with van der Waals surface area (Å²) in [7, 11) is 0. The Morgan fingerprint density at radius 2 is 2.08 bits per heavy atom. The van der Waals surface area contributed by atoms with Gasteiger partial charge in [-0.3, -0.25) is 14.2 Å². The van der Waals surface area contributed by atoms with Crippen LogP contribution in [-0.2, 0) is 11.3 Å². The maximum Gasteiger partial charge on any atom is 0.328 e. The fourth-order valence-corrected chi connectivity index (χ4v) is 4.23. The molecule has 2 aromatic rings. The van der Waals surface area contributed by atoms with Gasteiger partial charge >= 0.3 is 5.69 Å². The average Bonchev–Trinajstić information content (AvgIpc) is 3.05. The number of fused-ring (bicyclic) bond motifs is 1. The van der Waals surface area contributed by atoms with Gasteiger partial charge in [0.1, 0.15) is 4.70 Å². The lowest BCUT2D eigenvalue weighted by Crippen LogP contribution is -2.39. The number of nitrogens with one attached hydrogen (secondary N) is 2. The normalized spacial score (nSPS) is 21.0. The van der Waals surface area contributed by atoms with E-state index < -0.39 is 0 Å². The van der Waals surface area contributed by atoms with Crippen LogP contribution in [0, 0.1) is 11.8 Å². The average molecular weight is 367 g/mol. The number of amides is 1. The Morgan fingerprint density at radius 1 is 1.33 bits per heavy atom. The van der Waals surface area contributed by atoms with E-state index in [1.165, 1.54) is 15.9 Å². The molecule has 8 heteroatoms. The predicted molar refractivity (Wildman–Crippen MR) is 99.0 cm³/mol. The molecule has 2 heterocycles. The molecule has 130 valence electrons. The van der Waals surface area contributed by atoms with E-state index in [4.69, 9.17) is 0 Å². The van der Waals surface area contributed by atoms with Crippen LogP contribution in [0.15, 0.2) is 21.0 Å². The van der Waals surface area contributed by atoms with Crippen molar-refractivity contribution in [1.82, 2.24) is 14.9 Å². The van der Waals surface area contributed by atoms with Gasteiger partial charge in [0.15, 0.2) is 0 Å². The van der Waals surface area contributed by atoms with Crippen molar-refractivity contribution in [3.05, 3.63) is 32.3 Å². The van der Waals surface area contributed by atoms with Gasteiger partial charge in [-0.05, 0) is 43.0 Å². The van der Waals surface area contributed by atoms with E-state index in [1.807, 2.05) is 0 Å². The number of aromatic nitrogens is 2. The number of carbonyl (C=O) groups is 1. The molecule has 24 heavy (non-hydrogen) atoms. The monoisotopic (exact) mass is 367 g/mol. The van der Waals surface area contributed by atoms with Gasteiger partial charge in [0.25, 0.3) is 5.56 Å². The molecule has 0 radical (unpaired) electrons. The molecular weight excluding hydrogens is 346 g/mol. The van der Waals surface area contributed by atoms with E-state index >= 15 is 0 Å². The quantitative estimate of drug-likeness (QED) is 0.702. The summed E-state index contributed by atoms with van der Waals surface area (Å²) in [6.07, 6.45) is 3.31. The molecule has 2 N–H and O–H groups in total. The van der Waals surface area contributed by atoms with Gasteiger partial charge in [-0.25, -0.2) is 4.79 Å². The number of nitrogens with zero attached hydrogens (tertiary/aromatic N) is 1. The van der Waals surface area contributed by atoms with Crippen molar-refractivity contribution in [3.8, 4) is 0 Å². The first-order valence-corrected chi connectivity index (χ1v) is 9.70. The lowest BCUT2D eigenvalue weighted by Gasteiger charge is -2.27. The summed E-state index contributed by atoms with van der Waals surface area (Å²) in [6.45, 7) is 1.01. The zero-order valence-corrected chi connectivity index (χ0v) is 15.0. The fourth-order valence-electron chi connectivity index (χ4n) is 3.33. The zero-order chi connectivity index (χ0) is 17.1. The molecule has 0 spiro atoms. The first kappa shape index (κ1) is 17.3. The molecule has 1 fully saturated rings. The summed E-state index contributed by atoms with van der Waals surface area (Å²) in [5.41, 5.74) is 0.0489. The van der Waals surface area contributed by atoms with Crippen LogP contribution in [-0.4, -0.2) is 27.8 Å². The van der Waals surface area contributed by atoms with E-state index in [1.54, 1.807) is 11.4 Å². The Morgan fingerprint density at radius 3 is 2.79 bits per heavy atom. The third kappa shape index (κ3) is 3.59. The molecule has 1 aliphatic rings. The fraction of sp³-hybridized carbons (Fsp3) is 0.562. The van der Waals surface area contributed by atoms with Gasteiger partial charge in [-0.2, -0.15) is 12.6 Å². The Balaban J connectivity index is 1.65. The van der Waals surface area contributed by atoms with Crippen molar-refractivity contribution < 1.29 is 4.79 Å². The summed E-state index contributed by atoms with van der Waals surface area (Å²) in [4.78, 5) is 39.4. The molecule has 1 saturated carbocycles. The van der Waals surface area contributed by atoms with Crippen LogP contribution in [0.3, 0.4) is 0 Å². The molecule has 0 aliphatic heterocycles. The second kappa shape index (κ2) is 7.57. The SMILES string of the molecule is O=C(NCCS)C1CCC(Cn2c(=O)[nH]c3ccsc3c2=O)CC1. The number of H-pyrrole nitrogens is 1. The van der Waals surface area contributed by atoms with Gasteiger partial charge < -0.3 is 10.3 Å². The number of hydrogen-bond donors (Lipinski definition) is 3. The van der Waals surface area contributed by atoms with E-state index in [9.17, 15) is 14.4 Å². The van der Waals surface area contributed by atoms with E-state index in [0.717, 1.165) is 25.7 Å². The lowest BCUT2D eigenvalue weighted by molar-refractivity contribution is -0.126. The minimum atomic E-state index is -0.348.